The molecule has 0 saturated carbocycles. The van der Waals surface area contributed by atoms with Gasteiger partial charge in [0.1, 0.15) is 12.0 Å². The van der Waals surface area contributed by atoms with Gasteiger partial charge >= 0.3 is 0 Å². The van der Waals surface area contributed by atoms with Crippen molar-refractivity contribution in [1.82, 2.24) is 15.1 Å². The maximum absolute atomic E-state index is 4.75. The van der Waals surface area contributed by atoms with Crippen molar-refractivity contribution in [3.63, 3.8) is 0 Å². The fourth-order valence-corrected chi connectivity index (χ4v) is 1.32. The van der Waals surface area contributed by atoms with E-state index in [1.165, 1.54) is 12.8 Å². The highest BCUT2D eigenvalue weighted by Crippen LogP contribution is 2.13. The van der Waals surface area contributed by atoms with Gasteiger partial charge < -0.3 is 9.51 Å². The van der Waals surface area contributed by atoms with Gasteiger partial charge in [0.05, 0.1) is 0 Å². The van der Waals surface area contributed by atoms with E-state index < -0.39 is 0 Å². The summed E-state index contributed by atoms with van der Waals surface area (Å²) in [5, 5.41) is 3.81. The molecule has 4 heteroatoms. The number of imidazole rings is 1. The average molecular weight is 191 g/mol. The van der Waals surface area contributed by atoms with Crippen LogP contribution in [0, 0.1) is 0 Å². The third kappa shape index (κ3) is 1.84. The van der Waals surface area contributed by atoms with Gasteiger partial charge in [0, 0.05) is 18.0 Å². The Morgan fingerprint density at radius 1 is 1.50 bits per heavy atom. The number of rotatable bonds is 4. The number of nitrogens with zero attached hydrogens (tertiary/aromatic N) is 2. The number of nitrogens with one attached hydrogen (secondary N) is 1. The smallest absolute Gasteiger partial charge is 0.159 e. The molecule has 0 bridgehead atoms. The highest BCUT2D eigenvalue weighted by Gasteiger charge is 2.05. The lowest BCUT2D eigenvalue weighted by atomic mass is 10.2. The first-order valence-electron chi connectivity index (χ1n) is 4.85. The van der Waals surface area contributed by atoms with E-state index in [9.17, 15) is 0 Å². The molecule has 0 radical (unpaired) electrons. The molecule has 4 nitrogen and oxygen atoms in total. The molecule has 1 N–H and O–H groups in total. The van der Waals surface area contributed by atoms with Crippen LogP contribution in [0.1, 0.15) is 25.5 Å². The van der Waals surface area contributed by atoms with Crippen molar-refractivity contribution in [3.8, 4) is 11.5 Å². The number of aryl methyl sites for hydroxylation is 1. The molecule has 0 amide bonds. The lowest BCUT2D eigenvalue weighted by Gasteiger charge is -1.92. The molecular formula is C10H13N3O. The molecule has 74 valence electrons. The summed E-state index contributed by atoms with van der Waals surface area (Å²) in [6, 6.07) is 1.79. The summed E-state index contributed by atoms with van der Waals surface area (Å²) < 4.78 is 4.75. The molecule has 0 spiro atoms. The van der Waals surface area contributed by atoms with Crippen molar-refractivity contribution in [2.24, 2.45) is 0 Å². The predicted octanol–water partition coefficient (Wildman–Crippen LogP) is 2.41. The molecule has 0 atom stereocenters. The van der Waals surface area contributed by atoms with E-state index in [2.05, 4.69) is 22.0 Å². The monoisotopic (exact) mass is 191 g/mol. The molecule has 0 saturated heterocycles. The minimum atomic E-state index is 0.757. The standard InChI is InChI=1S/C10H13N3O/c1-2-3-4-8-7-11-10(12-8)9-5-6-14-13-9/h5-7H,2-4H2,1H3,(H,11,12). The minimum absolute atomic E-state index is 0.757. The van der Waals surface area contributed by atoms with E-state index in [0.717, 1.165) is 23.6 Å². The fraction of sp³-hybridized carbons (Fsp3) is 0.400. The van der Waals surface area contributed by atoms with Crippen LogP contribution in [0.25, 0.3) is 11.5 Å². The summed E-state index contributed by atoms with van der Waals surface area (Å²) in [5.74, 6) is 0.782. The quantitative estimate of drug-likeness (QED) is 0.807. The summed E-state index contributed by atoms with van der Waals surface area (Å²) in [6.45, 7) is 2.18. The highest BCUT2D eigenvalue weighted by atomic mass is 16.5. The Hall–Kier alpha value is -1.58. The van der Waals surface area contributed by atoms with Gasteiger partial charge in [0.25, 0.3) is 0 Å². The van der Waals surface area contributed by atoms with Gasteiger partial charge in [-0.15, -0.1) is 0 Å². The maximum Gasteiger partial charge on any atom is 0.159 e. The summed E-state index contributed by atoms with van der Waals surface area (Å²) in [6.07, 6.45) is 6.82. The zero-order chi connectivity index (χ0) is 9.80. The van der Waals surface area contributed by atoms with E-state index in [4.69, 9.17) is 4.52 Å². The first kappa shape index (κ1) is 8.99. The Labute approximate surface area is 82.3 Å². The zero-order valence-corrected chi connectivity index (χ0v) is 8.16. The summed E-state index contributed by atoms with van der Waals surface area (Å²) >= 11 is 0. The molecule has 2 rings (SSSR count). The van der Waals surface area contributed by atoms with Crippen LogP contribution in [0.4, 0.5) is 0 Å². The van der Waals surface area contributed by atoms with Crippen LogP contribution < -0.4 is 0 Å². The van der Waals surface area contributed by atoms with E-state index in [0.29, 0.717) is 0 Å². The normalized spacial score (nSPS) is 10.6. The van der Waals surface area contributed by atoms with Crippen LogP contribution >= 0.6 is 0 Å². The van der Waals surface area contributed by atoms with Crippen LogP contribution in [0.2, 0.25) is 0 Å². The molecule has 0 aliphatic rings. The lowest BCUT2D eigenvalue weighted by molar-refractivity contribution is 0.422. The van der Waals surface area contributed by atoms with E-state index in [-0.39, 0.29) is 0 Å². The Bertz CT molecular complexity index is 378. The van der Waals surface area contributed by atoms with Gasteiger partial charge in [-0.05, 0) is 12.8 Å². The van der Waals surface area contributed by atoms with Crippen molar-refractivity contribution in [2.45, 2.75) is 26.2 Å². The molecule has 2 aromatic rings. The van der Waals surface area contributed by atoms with Crippen LogP contribution in [-0.4, -0.2) is 15.1 Å². The summed E-state index contributed by atoms with van der Waals surface area (Å²) in [7, 11) is 0. The van der Waals surface area contributed by atoms with Crippen molar-refractivity contribution in [3.05, 3.63) is 24.2 Å². The number of hydrogen-bond donors (Lipinski definition) is 1. The maximum atomic E-state index is 4.75. The second kappa shape index (κ2) is 4.09. The zero-order valence-electron chi connectivity index (χ0n) is 8.16. The molecule has 2 aromatic heterocycles. The van der Waals surface area contributed by atoms with Crippen LogP contribution in [-0.2, 0) is 6.42 Å². The van der Waals surface area contributed by atoms with E-state index in [1.807, 2.05) is 6.20 Å². The molecule has 0 aliphatic carbocycles. The Balaban J connectivity index is 2.10. The van der Waals surface area contributed by atoms with Crippen LogP contribution in [0.15, 0.2) is 23.0 Å². The van der Waals surface area contributed by atoms with Gasteiger partial charge in [0.2, 0.25) is 0 Å². The summed E-state index contributed by atoms with van der Waals surface area (Å²) in [5.41, 5.74) is 1.91. The minimum Gasteiger partial charge on any atom is -0.364 e. The molecule has 0 aliphatic heterocycles. The van der Waals surface area contributed by atoms with Crippen molar-refractivity contribution < 1.29 is 4.52 Å². The topological polar surface area (TPSA) is 54.7 Å². The largest absolute Gasteiger partial charge is 0.364 e. The third-order valence-corrected chi connectivity index (χ3v) is 2.11. The molecular weight excluding hydrogens is 178 g/mol. The Kier molecular flexibility index (Phi) is 2.62. The van der Waals surface area contributed by atoms with E-state index in [1.54, 1.807) is 12.3 Å². The molecule has 14 heavy (non-hydrogen) atoms. The molecule has 0 unspecified atom stereocenters. The number of hydrogen-bond acceptors (Lipinski definition) is 3. The van der Waals surface area contributed by atoms with Gasteiger partial charge in [-0.3, -0.25) is 0 Å². The highest BCUT2D eigenvalue weighted by molar-refractivity contribution is 5.47. The molecule has 2 heterocycles. The number of aromatic nitrogens is 3. The van der Waals surface area contributed by atoms with Crippen molar-refractivity contribution >= 4 is 0 Å². The number of unbranched alkanes of at least 4 members (excludes halogenated alkanes) is 1. The van der Waals surface area contributed by atoms with Gasteiger partial charge in [-0.25, -0.2) is 4.98 Å². The van der Waals surface area contributed by atoms with Crippen molar-refractivity contribution in [1.29, 1.82) is 0 Å². The van der Waals surface area contributed by atoms with Gasteiger partial charge in [-0.2, -0.15) is 0 Å². The van der Waals surface area contributed by atoms with E-state index >= 15 is 0 Å². The number of H-pyrrole nitrogens is 1. The van der Waals surface area contributed by atoms with Gasteiger partial charge in [-0.1, -0.05) is 18.5 Å². The lowest BCUT2D eigenvalue weighted by Crippen LogP contribution is -1.84. The average Bonchev–Trinajstić information content (AvgIpc) is 2.85. The Morgan fingerprint density at radius 2 is 2.43 bits per heavy atom. The first-order chi connectivity index (χ1) is 6.90. The fourth-order valence-electron chi connectivity index (χ4n) is 1.32. The Morgan fingerprint density at radius 3 is 3.14 bits per heavy atom. The van der Waals surface area contributed by atoms with Crippen LogP contribution in [0.3, 0.4) is 0 Å². The van der Waals surface area contributed by atoms with Crippen LogP contribution in [0.5, 0.6) is 0 Å². The second-order valence-electron chi connectivity index (χ2n) is 3.25. The predicted molar refractivity (Wildman–Crippen MR) is 52.7 cm³/mol. The molecule has 0 fully saturated rings. The summed E-state index contributed by atoms with van der Waals surface area (Å²) in [4.78, 5) is 7.45. The third-order valence-electron chi connectivity index (χ3n) is 2.11. The number of aromatic amines is 1. The van der Waals surface area contributed by atoms with Crippen molar-refractivity contribution in [2.75, 3.05) is 0 Å². The van der Waals surface area contributed by atoms with Gasteiger partial charge in [0.15, 0.2) is 5.82 Å². The second-order valence-corrected chi connectivity index (χ2v) is 3.25. The molecule has 0 aromatic carbocycles. The first-order valence-corrected chi connectivity index (χ1v) is 4.85. The SMILES string of the molecule is CCCCc1cnc(-c2ccon2)[nH]1.